The van der Waals surface area contributed by atoms with E-state index in [2.05, 4.69) is 10.3 Å². The Hall–Kier alpha value is -2.70. The number of imidazole rings is 1. The zero-order valence-corrected chi connectivity index (χ0v) is 14.6. The number of benzene rings is 1. The van der Waals surface area contributed by atoms with E-state index >= 15 is 0 Å². The van der Waals surface area contributed by atoms with Crippen LogP contribution in [0.4, 0.5) is 4.79 Å². The normalized spacial score (nSPS) is 17.0. The number of rotatable bonds is 6. The Bertz CT molecular complexity index is 689. The van der Waals surface area contributed by atoms with Crippen LogP contribution in [0.1, 0.15) is 13.8 Å². The minimum absolute atomic E-state index is 0.000000169. The third-order valence-electron chi connectivity index (χ3n) is 4.07. The van der Waals surface area contributed by atoms with Crippen molar-refractivity contribution in [3.05, 3.63) is 43.0 Å². The molecule has 1 aliphatic heterocycles. The number of fused-ring (bicyclic) bond motifs is 1. The fourth-order valence-electron chi connectivity index (χ4n) is 2.81. The summed E-state index contributed by atoms with van der Waals surface area (Å²) in [5, 5.41) is 3.02. The topological polar surface area (TPSA) is 68.6 Å². The molecule has 1 aliphatic rings. The van der Waals surface area contributed by atoms with Crippen molar-refractivity contribution in [2.24, 2.45) is 0 Å². The minimum atomic E-state index is -0.176. The SMILES string of the molecule is CCN(CC1COc2ccccc2O1)C(=O)NC(C)Cn1ccnc1. The molecule has 2 aromatic rings. The molecule has 7 heteroatoms. The fraction of sp³-hybridized carbons (Fsp3) is 0.444. The Morgan fingerprint density at radius 3 is 2.96 bits per heavy atom. The van der Waals surface area contributed by atoms with Crippen LogP contribution in [0.15, 0.2) is 43.0 Å². The average Bonchev–Trinajstić information content (AvgIpc) is 3.12. The second-order valence-corrected chi connectivity index (χ2v) is 6.15. The molecule has 0 bridgehead atoms. The maximum absolute atomic E-state index is 12.5. The van der Waals surface area contributed by atoms with Crippen molar-refractivity contribution in [2.45, 2.75) is 32.5 Å². The van der Waals surface area contributed by atoms with Gasteiger partial charge in [0.1, 0.15) is 6.61 Å². The van der Waals surface area contributed by atoms with Crippen LogP contribution in [0.2, 0.25) is 0 Å². The summed E-state index contributed by atoms with van der Waals surface area (Å²) >= 11 is 0. The molecule has 134 valence electrons. The lowest BCUT2D eigenvalue weighted by Crippen LogP contribution is -2.49. The van der Waals surface area contributed by atoms with Crippen LogP contribution in [0, 0.1) is 0 Å². The average molecular weight is 344 g/mol. The van der Waals surface area contributed by atoms with Crippen molar-refractivity contribution in [3.63, 3.8) is 0 Å². The maximum Gasteiger partial charge on any atom is 0.317 e. The molecule has 7 nitrogen and oxygen atoms in total. The Kier molecular flexibility index (Phi) is 5.42. The first kappa shape index (κ1) is 17.1. The largest absolute Gasteiger partial charge is 0.486 e. The maximum atomic E-state index is 12.5. The first-order chi connectivity index (χ1) is 12.2. The molecular formula is C18H24N4O3. The number of urea groups is 1. The van der Waals surface area contributed by atoms with Gasteiger partial charge in [0.05, 0.1) is 12.9 Å². The van der Waals surface area contributed by atoms with Gasteiger partial charge in [0.2, 0.25) is 0 Å². The van der Waals surface area contributed by atoms with Crippen LogP contribution in [-0.2, 0) is 6.54 Å². The highest BCUT2D eigenvalue weighted by Gasteiger charge is 2.25. The summed E-state index contributed by atoms with van der Waals surface area (Å²) in [5.41, 5.74) is 0. The quantitative estimate of drug-likeness (QED) is 0.872. The number of nitrogens with one attached hydrogen (secondary N) is 1. The highest BCUT2D eigenvalue weighted by molar-refractivity contribution is 5.74. The van der Waals surface area contributed by atoms with Gasteiger partial charge in [0.15, 0.2) is 17.6 Å². The molecular weight excluding hydrogens is 320 g/mol. The summed E-state index contributed by atoms with van der Waals surface area (Å²) in [6, 6.07) is 7.49. The van der Waals surface area contributed by atoms with Gasteiger partial charge in [0.25, 0.3) is 0 Å². The van der Waals surface area contributed by atoms with Crippen molar-refractivity contribution >= 4 is 6.03 Å². The van der Waals surface area contributed by atoms with E-state index in [1.807, 2.05) is 48.9 Å². The van der Waals surface area contributed by atoms with Crippen molar-refractivity contribution < 1.29 is 14.3 Å². The van der Waals surface area contributed by atoms with Crippen molar-refractivity contribution in [3.8, 4) is 11.5 Å². The Morgan fingerprint density at radius 2 is 2.24 bits per heavy atom. The number of aromatic nitrogens is 2. The molecule has 0 aliphatic carbocycles. The first-order valence-corrected chi connectivity index (χ1v) is 8.55. The monoisotopic (exact) mass is 344 g/mol. The van der Waals surface area contributed by atoms with E-state index in [1.165, 1.54) is 0 Å². The highest BCUT2D eigenvalue weighted by atomic mass is 16.6. The van der Waals surface area contributed by atoms with Gasteiger partial charge in [-0.2, -0.15) is 0 Å². The minimum Gasteiger partial charge on any atom is -0.486 e. The van der Waals surface area contributed by atoms with Crippen LogP contribution < -0.4 is 14.8 Å². The molecule has 0 fully saturated rings. The van der Waals surface area contributed by atoms with Crippen LogP contribution in [0.3, 0.4) is 0 Å². The molecule has 3 rings (SSSR count). The van der Waals surface area contributed by atoms with Crippen molar-refractivity contribution in [1.29, 1.82) is 0 Å². The number of hydrogen-bond acceptors (Lipinski definition) is 4. The number of ether oxygens (including phenoxy) is 2. The molecule has 0 saturated carbocycles. The molecule has 1 N–H and O–H groups in total. The third-order valence-corrected chi connectivity index (χ3v) is 4.07. The zero-order chi connectivity index (χ0) is 17.6. The molecule has 2 unspecified atom stereocenters. The van der Waals surface area contributed by atoms with E-state index in [0.717, 1.165) is 11.5 Å². The zero-order valence-electron chi connectivity index (χ0n) is 14.6. The molecule has 2 atom stereocenters. The van der Waals surface area contributed by atoms with Gasteiger partial charge in [-0.25, -0.2) is 9.78 Å². The molecule has 0 radical (unpaired) electrons. The first-order valence-electron chi connectivity index (χ1n) is 8.55. The number of carbonyl (C=O) groups is 1. The number of amides is 2. The number of nitrogens with zero attached hydrogens (tertiary/aromatic N) is 3. The van der Waals surface area contributed by atoms with Gasteiger partial charge >= 0.3 is 6.03 Å². The van der Waals surface area contributed by atoms with Gasteiger partial charge < -0.3 is 24.3 Å². The number of para-hydroxylation sites is 2. The van der Waals surface area contributed by atoms with Gasteiger partial charge in [-0.15, -0.1) is 0 Å². The molecule has 2 heterocycles. The smallest absolute Gasteiger partial charge is 0.317 e. The predicted octanol–water partition coefficient (Wildman–Crippen LogP) is 2.14. The highest BCUT2D eigenvalue weighted by Crippen LogP contribution is 2.30. The number of carbonyl (C=O) groups excluding carboxylic acids is 1. The van der Waals surface area contributed by atoms with Gasteiger partial charge in [0, 0.05) is 31.5 Å². The lowest BCUT2D eigenvalue weighted by molar-refractivity contribution is 0.0671. The van der Waals surface area contributed by atoms with Crippen LogP contribution in [0.25, 0.3) is 0 Å². The Labute approximate surface area is 147 Å². The summed E-state index contributed by atoms with van der Waals surface area (Å²) in [6.45, 7) is 6.13. The number of likely N-dealkylation sites (N-methyl/N-ethyl adjacent to an activating group) is 1. The summed E-state index contributed by atoms with van der Waals surface area (Å²) in [6.07, 6.45) is 5.17. The molecule has 2 amide bonds. The molecule has 0 saturated heterocycles. The van der Waals surface area contributed by atoms with Crippen LogP contribution in [-0.4, -0.2) is 52.3 Å². The van der Waals surface area contributed by atoms with Crippen molar-refractivity contribution in [1.82, 2.24) is 19.8 Å². The summed E-state index contributed by atoms with van der Waals surface area (Å²) in [4.78, 5) is 18.3. The van der Waals surface area contributed by atoms with Gasteiger partial charge in [-0.3, -0.25) is 0 Å². The molecule has 1 aromatic carbocycles. The van der Waals surface area contributed by atoms with Crippen LogP contribution >= 0.6 is 0 Å². The van der Waals surface area contributed by atoms with Crippen LogP contribution in [0.5, 0.6) is 11.5 Å². The number of hydrogen-bond donors (Lipinski definition) is 1. The van der Waals surface area contributed by atoms with E-state index in [0.29, 0.717) is 26.2 Å². The van der Waals surface area contributed by atoms with E-state index in [9.17, 15) is 4.79 Å². The molecule has 1 aromatic heterocycles. The van der Waals surface area contributed by atoms with E-state index < -0.39 is 0 Å². The fourth-order valence-corrected chi connectivity index (χ4v) is 2.81. The predicted molar refractivity (Wildman–Crippen MR) is 93.8 cm³/mol. The van der Waals surface area contributed by atoms with E-state index in [-0.39, 0.29) is 18.2 Å². The standard InChI is InChI=1S/C18H24N4O3/c1-3-22(18(23)20-14(2)10-21-9-8-19-13-21)11-15-12-24-16-6-4-5-7-17(16)25-15/h4-9,13-15H,3,10-12H2,1-2H3,(H,20,23). The second kappa shape index (κ2) is 7.92. The summed E-state index contributed by atoms with van der Waals surface area (Å²) < 4.78 is 13.6. The van der Waals surface area contributed by atoms with Gasteiger partial charge in [-0.1, -0.05) is 12.1 Å². The Balaban J connectivity index is 1.52. The lowest BCUT2D eigenvalue weighted by Gasteiger charge is -2.31. The summed E-state index contributed by atoms with van der Waals surface area (Å²) in [5.74, 6) is 1.48. The third kappa shape index (κ3) is 4.43. The van der Waals surface area contributed by atoms with Gasteiger partial charge in [-0.05, 0) is 26.0 Å². The van der Waals surface area contributed by atoms with E-state index in [1.54, 1.807) is 17.4 Å². The second-order valence-electron chi connectivity index (χ2n) is 6.15. The van der Waals surface area contributed by atoms with Crippen molar-refractivity contribution in [2.75, 3.05) is 19.7 Å². The van der Waals surface area contributed by atoms with E-state index in [4.69, 9.17) is 9.47 Å². The Morgan fingerprint density at radius 1 is 1.44 bits per heavy atom. The molecule has 0 spiro atoms. The lowest BCUT2D eigenvalue weighted by atomic mass is 10.2. The summed E-state index contributed by atoms with van der Waals surface area (Å²) in [7, 11) is 0. The molecule has 25 heavy (non-hydrogen) atoms.